The molecule has 0 saturated heterocycles. The van der Waals surface area contributed by atoms with Crippen molar-refractivity contribution in [1.82, 2.24) is 0 Å². The number of phenolic OH excluding ortho intramolecular Hbond substituents is 2. The van der Waals surface area contributed by atoms with Crippen molar-refractivity contribution in [3.8, 4) is 11.5 Å². The molecular weight excluding hydrogens is 288 g/mol. The zero-order valence-corrected chi connectivity index (χ0v) is 12.9. The number of fused-ring (bicyclic) bond motifs is 1. The second-order valence-electron chi connectivity index (χ2n) is 4.62. The molecule has 6 heteroatoms. The van der Waals surface area contributed by atoms with Crippen LogP contribution in [0.5, 0.6) is 11.5 Å². The van der Waals surface area contributed by atoms with Crippen LogP contribution in [0, 0.1) is 13.8 Å². The number of hydrogen-bond acceptors (Lipinski definition) is 4. The minimum atomic E-state index is -0.833. The van der Waals surface area contributed by atoms with E-state index < -0.39 is 11.9 Å². The highest BCUT2D eigenvalue weighted by Gasteiger charge is 2.05. The number of carboxylic acid groups (broad SMARTS) is 2. The summed E-state index contributed by atoms with van der Waals surface area (Å²) < 4.78 is 0. The molecule has 120 valence electrons. The molecule has 0 fully saturated rings. The Hall–Kier alpha value is -2.76. The summed E-state index contributed by atoms with van der Waals surface area (Å²) in [4.78, 5) is 18.0. The number of rotatable bonds is 0. The number of benzene rings is 2. The predicted octanol–water partition coefficient (Wildman–Crippen LogP) is 3.05. The van der Waals surface area contributed by atoms with Gasteiger partial charge < -0.3 is 20.4 Å². The van der Waals surface area contributed by atoms with E-state index in [1.165, 1.54) is 12.1 Å². The van der Waals surface area contributed by atoms with Crippen LogP contribution in [0.3, 0.4) is 0 Å². The van der Waals surface area contributed by atoms with E-state index in [9.17, 15) is 10.2 Å². The van der Waals surface area contributed by atoms with Gasteiger partial charge in [-0.1, -0.05) is 0 Å². The van der Waals surface area contributed by atoms with Gasteiger partial charge in [-0.25, -0.2) is 0 Å². The summed E-state index contributed by atoms with van der Waals surface area (Å²) in [7, 11) is 0. The van der Waals surface area contributed by atoms with Crippen LogP contribution >= 0.6 is 0 Å². The van der Waals surface area contributed by atoms with Crippen molar-refractivity contribution >= 4 is 22.7 Å². The fourth-order valence-corrected chi connectivity index (χ4v) is 1.58. The minimum absolute atomic E-state index is 0.209. The van der Waals surface area contributed by atoms with Crippen molar-refractivity contribution in [2.45, 2.75) is 27.7 Å². The van der Waals surface area contributed by atoms with Gasteiger partial charge in [0.15, 0.2) is 0 Å². The van der Waals surface area contributed by atoms with Gasteiger partial charge in [0, 0.05) is 24.6 Å². The van der Waals surface area contributed by atoms with Gasteiger partial charge >= 0.3 is 0 Å². The van der Waals surface area contributed by atoms with Crippen LogP contribution in [-0.4, -0.2) is 32.4 Å². The maximum absolute atomic E-state index is 9.60. The van der Waals surface area contributed by atoms with Crippen molar-refractivity contribution in [3.63, 3.8) is 0 Å². The average Bonchev–Trinajstić information content (AvgIpc) is 2.35. The van der Waals surface area contributed by atoms with Crippen LogP contribution < -0.4 is 0 Å². The normalized spacial score (nSPS) is 9.09. The lowest BCUT2D eigenvalue weighted by atomic mass is 10.0. The fourth-order valence-electron chi connectivity index (χ4n) is 1.58. The van der Waals surface area contributed by atoms with Gasteiger partial charge in [0.2, 0.25) is 0 Å². The van der Waals surface area contributed by atoms with Crippen LogP contribution in [-0.2, 0) is 9.59 Å². The molecule has 0 aliphatic carbocycles. The lowest BCUT2D eigenvalue weighted by Gasteiger charge is -2.07. The Bertz CT molecular complexity index is 609. The smallest absolute Gasteiger partial charge is 0.300 e. The van der Waals surface area contributed by atoms with Crippen LogP contribution in [0.2, 0.25) is 0 Å². The number of carbonyl (C=O) groups is 2. The van der Waals surface area contributed by atoms with E-state index in [0.717, 1.165) is 25.0 Å². The molecule has 0 unspecified atom stereocenters. The van der Waals surface area contributed by atoms with Gasteiger partial charge in [0.25, 0.3) is 11.9 Å². The van der Waals surface area contributed by atoms with E-state index in [-0.39, 0.29) is 11.5 Å². The first-order chi connectivity index (χ1) is 10.1. The lowest BCUT2D eigenvalue weighted by Crippen LogP contribution is -1.83. The molecule has 22 heavy (non-hydrogen) atoms. The Labute approximate surface area is 128 Å². The molecular formula is C16H20O6. The molecule has 2 rings (SSSR count). The topological polar surface area (TPSA) is 115 Å². The number of phenols is 2. The molecule has 6 nitrogen and oxygen atoms in total. The number of hydrogen-bond donors (Lipinski definition) is 4. The SMILES string of the molecule is CC(=O)O.CC(=O)O.Cc1cc2c(O)ccc(O)c2cc1C. The van der Waals surface area contributed by atoms with Gasteiger partial charge in [-0.2, -0.15) is 0 Å². The van der Waals surface area contributed by atoms with Crippen LogP contribution in [0.25, 0.3) is 10.8 Å². The van der Waals surface area contributed by atoms with Gasteiger partial charge in [-0.3, -0.25) is 9.59 Å². The van der Waals surface area contributed by atoms with Gasteiger partial charge in [-0.15, -0.1) is 0 Å². The highest BCUT2D eigenvalue weighted by molar-refractivity contribution is 5.93. The first-order valence-electron chi connectivity index (χ1n) is 6.37. The second-order valence-corrected chi connectivity index (χ2v) is 4.62. The highest BCUT2D eigenvalue weighted by Crippen LogP contribution is 2.33. The molecule has 0 bridgehead atoms. The van der Waals surface area contributed by atoms with E-state index in [1.54, 1.807) is 0 Å². The Morgan fingerprint density at radius 2 is 1.00 bits per heavy atom. The van der Waals surface area contributed by atoms with Crippen molar-refractivity contribution in [3.05, 3.63) is 35.4 Å². The average molecular weight is 308 g/mol. The van der Waals surface area contributed by atoms with Gasteiger partial charge in [0.1, 0.15) is 11.5 Å². The number of aliphatic carboxylic acids is 2. The summed E-state index contributed by atoms with van der Waals surface area (Å²) in [6.07, 6.45) is 0. The molecule has 0 aromatic heterocycles. The van der Waals surface area contributed by atoms with E-state index in [0.29, 0.717) is 10.8 Å². The molecule has 0 heterocycles. The maximum atomic E-state index is 9.60. The van der Waals surface area contributed by atoms with E-state index >= 15 is 0 Å². The fraction of sp³-hybridized carbons (Fsp3) is 0.250. The number of carboxylic acids is 2. The van der Waals surface area contributed by atoms with Crippen molar-refractivity contribution in [1.29, 1.82) is 0 Å². The first kappa shape index (κ1) is 19.2. The zero-order chi connectivity index (χ0) is 17.4. The molecule has 0 spiro atoms. The summed E-state index contributed by atoms with van der Waals surface area (Å²) in [6.45, 7) is 6.14. The van der Waals surface area contributed by atoms with Crippen LogP contribution in [0.1, 0.15) is 25.0 Å². The monoisotopic (exact) mass is 308 g/mol. The highest BCUT2D eigenvalue weighted by atomic mass is 16.4. The number of aryl methyl sites for hydroxylation is 2. The molecule has 2 aromatic carbocycles. The summed E-state index contributed by atoms with van der Waals surface area (Å²) in [6, 6.07) is 6.79. The van der Waals surface area contributed by atoms with E-state index in [4.69, 9.17) is 19.8 Å². The number of aromatic hydroxyl groups is 2. The largest absolute Gasteiger partial charge is 0.507 e. The van der Waals surface area contributed by atoms with Crippen molar-refractivity contribution in [2.24, 2.45) is 0 Å². The quantitative estimate of drug-likeness (QED) is 0.556. The second kappa shape index (κ2) is 8.51. The van der Waals surface area contributed by atoms with Crippen molar-refractivity contribution in [2.75, 3.05) is 0 Å². The molecule has 0 amide bonds. The van der Waals surface area contributed by atoms with Crippen molar-refractivity contribution < 1.29 is 30.0 Å². The molecule has 2 aromatic rings. The molecule has 0 radical (unpaired) electrons. The molecule has 0 saturated carbocycles. The maximum Gasteiger partial charge on any atom is 0.300 e. The van der Waals surface area contributed by atoms with E-state index in [2.05, 4.69) is 0 Å². The molecule has 0 aliphatic rings. The summed E-state index contributed by atoms with van der Waals surface area (Å²) in [5.74, 6) is -1.25. The predicted molar refractivity (Wildman–Crippen MR) is 83.4 cm³/mol. The molecule has 0 aliphatic heterocycles. The minimum Gasteiger partial charge on any atom is -0.507 e. The first-order valence-corrected chi connectivity index (χ1v) is 6.37. The third-order valence-corrected chi connectivity index (χ3v) is 2.58. The lowest BCUT2D eigenvalue weighted by molar-refractivity contribution is -0.135. The summed E-state index contributed by atoms with van der Waals surface area (Å²) >= 11 is 0. The van der Waals surface area contributed by atoms with Gasteiger partial charge in [0.05, 0.1) is 0 Å². The molecule has 0 atom stereocenters. The van der Waals surface area contributed by atoms with E-state index in [1.807, 2.05) is 26.0 Å². The zero-order valence-electron chi connectivity index (χ0n) is 12.9. The standard InChI is InChI=1S/C12H12O2.2C2H4O2/c1-7-5-9-10(6-8(7)2)12(14)4-3-11(9)13;2*1-2(3)4/h3-6,13-14H,1-2H3;2*1H3,(H,3,4). The Balaban J connectivity index is 0.000000464. The molecule has 4 N–H and O–H groups in total. The third-order valence-electron chi connectivity index (χ3n) is 2.58. The summed E-state index contributed by atoms with van der Waals surface area (Å²) in [5, 5.41) is 35.4. The van der Waals surface area contributed by atoms with Crippen LogP contribution in [0.15, 0.2) is 24.3 Å². The summed E-state index contributed by atoms with van der Waals surface area (Å²) in [5.41, 5.74) is 2.22. The third kappa shape index (κ3) is 6.60. The van der Waals surface area contributed by atoms with Gasteiger partial charge in [-0.05, 0) is 49.2 Å². The Morgan fingerprint density at radius 1 is 0.773 bits per heavy atom. The Kier molecular flexibility index (Phi) is 7.44. The van der Waals surface area contributed by atoms with Crippen LogP contribution in [0.4, 0.5) is 0 Å². The Morgan fingerprint density at radius 3 is 1.23 bits per heavy atom.